The molecule has 1 aromatic heterocycles. The highest BCUT2D eigenvalue weighted by molar-refractivity contribution is 6.13. The highest BCUT2D eigenvalue weighted by Gasteiger charge is 2.33. The average Bonchev–Trinajstić information content (AvgIpc) is 3.45. The Balaban J connectivity index is 1.47. The number of imide groups is 1. The third-order valence-electron chi connectivity index (χ3n) is 5.27. The van der Waals surface area contributed by atoms with E-state index in [0.29, 0.717) is 35.0 Å². The van der Waals surface area contributed by atoms with Gasteiger partial charge in [-0.05, 0) is 48.4 Å². The average molecular weight is 507 g/mol. The molecule has 1 aliphatic rings. The number of urea groups is 1. The second-order valence-corrected chi connectivity index (χ2v) is 7.80. The molecule has 12 nitrogen and oxygen atoms in total. The topological polar surface area (TPSA) is 161 Å². The second-order valence-electron chi connectivity index (χ2n) is 7.80. The third kappa shape index (κ3) is 5.75. The summed E-state index contributed by atoms with van der Waals surface area (Å²) in [5.74, 6) is -0.859. The summed E-state index contributed by atoms with van der Waals surface area (Å²) in [4.78, 5) is 47.5. The van der Waals surface area contributed by atoms with Gasteiger partial charge in [0.15, 0.2) is 11.5 Å². The number of nitro groups is 1. The number of rotatable bonds is 10. The van der Waals surface area contributed by atoms with Gasteiger partial charge < -0.3 is 24.3 Å². The summed E-state index contributed by atoms with van der Waals surface area (Å²) in [5.41, 5.74) is 1.08. The van der Waals surface area contributed by atoms with E-state index in [1.165, 1.54) is 42.5 Å². The van der Waals surface area contributed by atoms with Crippen LogP contribution in [0.15, 0.2) is 64.7 Å². The maximum absolute atomic E-state index is 12.8. The molecule has 0 saturated carbocycles. The number of carboxylic acid groups (broad SMARTS) is 1. The second kappa shape index (κ2) is 10.6. The van der Waals surface area contributed by atoms with Crippen molar-refractivity contribution in [3.05, 3.63) is 93.1 Å². The zero-order chi connectivity index (χ0) is 26.5. The SMILES string of the molecule is CCOc1cc(C=C2NC(=O)N(Cc3ccc([N+](=O)[O-])cc3)C2=O)ccc1OCc1ccc(C(=O)O)o1. The number of furan rings is 1. The fourth-order valence-corrected chi connectivity index (χ4v) is 3.51. The van der Waals surface area contributed by atoms with E-state index in [1.54, 1.807) is 25.1 Å². The summed E-state index contributed by atoms with van der Waals surface area (Å²) >= 11 is 0. The minimum Gasteiger partial charge on any atom is -0.490 e. The number of non-ortho nitro benzene ring substituents is 1. The molecule has 0 spiro atoms. The van der Waals surface area contributed by atoms with Crippen LogP contribution in [0.3, 0.4) is 0 Å². The first-order valence-electron chi connectivity index (χ1n) is 11.0. The Kier molecular flexibility index (Phi) is 7.19. The van der Waals surface area contributed by atoms with Crippen molar-refractivity contribution in [2.24, 2.45) is 0 Å². The van der Waals surface area contributed by atoms with Crippen molar-refractivity contribution < 1.29 is 38.3 Å². The molecule has 4 rings (SSSR count). The lowest BCUT2D eigenvalue weighted by Gasteiger charge is -2.12. The smallest absolute Gasteiger partial charge is 0.371 e. The lowest BCUT2D eigenvalue weighted by atomic mass is 10.1. The van der Waals surface area contributed by atoms with Crippen molar-refractivity contribution in [3.63, 3.8) is 0 Å². The van der Waals surface area contributed by atoms with Crippen molar-refractivity contribution in [3.8, 4) is 11.5 Å². The monoisotopic (exact) mass is 507 g/mol. The molecule has 12 heteroatoms. The number of hydrogen-bond acceptors (Lipinski definition) is 8. The van der Waals surface area contributed by atoms with Crippen LogP contribution in [0.25, 0.3) is 6.08 Å². The minimum absolute atomic E-state index is 0.0278. The van der Waals surface area contributed by atoms with Crippen LogP contribution in [0, 0.1) is 10.1 Å². The van der Waals surface area contributed by atoms with E-state index in [4.69, 9.17) is 19.0 Å². The van der Waals surface area contributed by atoms with Gasteiger partial charge in [0, 0.05) is 12.1 Å². The Morgan fingerprint density at radius 1 is 1.11 bits per heavy atom. The van der Waals surface area contributed by atoms with Crippen LogP contribution >= 0.6 is 0 Å². The molecule has 37 heavy (non-hydrogen) atoms. The van der Waals surface area contributed by atoms with E-state index in [2.05, 4.69) is 5.32 Å². The number of nitro benzene ring substituents is 1. The zero-order valence-corrected chi connectivity index (χ0v) is 19.5. The molecule has 2 aromatic carbocycles. The zero-order valence-electron chi connectivity index (χ0n) is 19.5. The van der Waals surface area contributed by atoms with Crippen LogP contribution in [-0.2, 0) is 17.9 Å². The van der Waals surface area contributed by atoms with Crippen LogP contribution in [0.1, 0.15) is 34.4 Å². The van der Waals surface area contributed by atoms with Gasteiger partial charge in [0.05, 0.1) is 18.1 Å². The van der Waals surface area contributed by atoms with Gasteiger partial charge in [0.1, 0.15) is 18.1 Å². The van der Waals surface area contributed by atoms with Gasteiger partial charge in [-0.2, -0.15) is 0 Å². The molecule has 3 aromatic rings. The van der Waals surface area contributed by atoms with Gasteiger partial charge in [0.2, 0.25) is 5.76 Å². The van der Waals surface area contributed by atoms with Crippen molar-refractivity contribution in [1.82, 2.24) is 10.2 Å². The van der Waals surface area contributed by atoms with E-state index in [1.807, 2.05) is 0 Å². The number of amides is 3. The maximum atomic E-state index is 12.8. The number of carboxylic acids is 1. The van der Waals surface area contributed by atoms with Gasteiger partial charge in [-0.1, -0.05) is 18.2 Å². The number of nitrogens with zero attached hydrogens (tertiary/aromatic N) is 2. The molecule has 2 heterocycles. The lowest BCUT2D eigenvalue weighted by Crippen LogP contribution is -2.30. The molecule has 2 N–H and O–H groups in total. The Morgan fingerprint density at radius 3 is 2.51 bits per heavy atom. The van der Waals surface area contributed by atoms with Crippen molar-refractivity contribution >= 4 is 29.7 Å². The highest BCUT2D eigenvalue weighted by atomic mass is 16.6. The minimum atomic E-state index is -1.18. The van der Waals surface area contributed by atoms with Crippen molar-refractivity contribution in [2.45, 2.75) is 20.1 Å². The van der Waals surface area contributed by atoms with E-state index >= 15 is 0 Å². The predicted molar refractivity (Wildman–Crippen MR) is 128 cm³/mol. The number of aromatic carboxylic acids is 1. The molecular weight excluding hydrogens is 486 g/mol. The first-order chi connectivity index (χ1) is 17.7. The van der Waals surface area contributed by atoms with E-state index in [9.17, 15) is 24.5 Å². The Morgan fingerprint density at radius 2 is 1.86 bits per heavy atom. The van der Waals surface area contributed by atoms with Gasteiger partial charge >= 0.3 is 12.0 Å². The molecule has 3 amide bonds. The van der Waals surface area contributed by atoms with Crippen LogP contribution in [0.2, 0.25) is 0 Å². The molecule has 0 unspecified atom stereocenters. The van der Waals surface area contributed by atoms with Crippen LogP contribution < -0.4 is 14.8 Å². The first-order valence-corrected chi connectivity index (χ1v) is 11.0. The Labute approximate surface area is 209 Å². The van der Waals surface area contributed by atoms with Crippen molar-refractivity contribution in [2.75, 3.05) is 6.61 Å². The Hall–Kier alpha value is -5.13. The molecule has 1 aliphatic heterocycles. The summed E-state index contributed by atoms with van der Waals surface area (Å²) in [5, 5.41) is 22.3. The number of hydrogen-bond donors (Lipinski definition) is 2. The Bertz CT molecular complexity index is 1390. The summed E-state index contributed by atoms with van der Waals surface area (Å²) in [6.45, 7) is 2.05. The number of carbonyl (C=O) groups excluding carboxylic acids is 2. The summed E-state index contributed by atoms with van der Waals surface area (Å²) < 4.78 is 16.5. The van der Waals surface area contributed by atoms with Gasteiger partial charge in [-0.3, -0.25) is 19.8 Å². The molecule has 0 aliphatic carbocycles. The number of carbonyl (C=O) groups is 3. The molecule has 0 atom stereocenters. The quantitative estimate of drug-likeness (QED) is 0.179. The van der Waals surface area contributed by atoms with Gasteiger partial charge in [-0.15, -0.1) is 0 Å². The van der Waals surface area contributed by atoms with Gasteiger partial charge in [-0.25, -0.2) is 9.59 Å². The molecule has 190 valence electrons. The van der Waals surface area contributed by atoms with E-state index in [-0.39, 0.29) is 30.3 Å². The maximum Gasteiger partial charge on any atom is 0.371 e. The lowest BCUT2D eigenvalue weighted by molar-refractivity contribution is -0.384. The van der Waals surface area contributed by atoms with Crippen LogP contribution in [0.4, 0.5) is 10.5 Å². The predicted octanol–water partition coefficient (Wildman–Crippen LogP) is 3.96. The van der Waals surface area contributed by atoms with Gasteiger partial charge in [0.25, 0.3) is 11.6 Å². The van der Waals surface area contributed by atoms with E-state index < -0.39 is 22.8 Å². The summed E-state index contributed by atoms with van der Waals surface area (Å²) in [6, 6.07) is 12.7. The third-order valence-corrected chi connectivity index (χ3v) is 5.27. The molecule has 1 saturated heterocycles. The highest BCUT2D eigenvalue weighted by Crippen LogP contribution is 2.31. The number of ether oxygens (including phenoxy) is 2. The van der Waals surface area contributed by atoms with Crippen LogP contribution in [0.5, 0.6) is 11.5 Å². The molecular formula is C25H21N3O9. The van der Waals surface area contributed by atoms with Crippen LogP contribution in [-0.4, -0.2) is 39.4 Å². The fourth-order valence-electron chi connectivity index (χ4n) is 3.51. The largest absolute Gasteiger partial charge is 0.490 e. The molecule has 0 radical (unpaired) electrons. The van der Waals surface area contributed by atoms with E-state index in [0.717, 1.165) is 4.90 Å². The summed E-state index contributed by atoms with van der Waals surface area (Å²) in [6.07, 6.45) is 1.49. The summed E-state index contributed by atoms with van der Waals surface area (Å²) in [7, 11) is 0. The fraction of sp³-hybridized carbons (Fsp3) is 0.160. The normalized spacial score (nSPS) is 14.1. The molecule has 0 bridgehead atoms. The van der Waals surface area contributed by atoms with Crippen molar-refractivity contribution in [1.29, 1.82) is 0 Å². The number of benzene rings is 2. The standard InChI is InChI=1S/C25H21N3O9/c1-2-35-22-12-16(5-9-20(22)36-14-18-8-10-21(37-18)24(30)31)11-19-23(29)27(25(32)26-19)13-15-3-6-17(7-4-15)28(33)34/h3-12H,2,13-14H2,1H3,(H,26,32)(H,30,31). The first kappa shape index (κ1) is 25.0. The molecule has 1 fully saturated rings. The number of nitrogens with one attached hydrogen (secondary N) is 1.